The summed E-state index contributed by atoms with van der Waals surface area (Å²) in [5.74, 6) is 1.67. The maximum atomic E-state index is 5.78. The first-order valence-corrected chi connectivity index (χ1v) is 6.43. The van der Waals surface area contributed by atoms with Crippen molar-refractivity contribution in [2.45, 2.75) is 51.7 Å². The molecule has 0 radical (unpaired) electrons. The van der Waals surface area contributed by atoms with Crippen LogP contribution in [0.4, 0.5) is 0 Å². The topological polar surface area (TPSA) is 47.3 Å². The van der Waals surface area contributed by atoms with Crippen LogP contribution in [0.25, 0.3) is 0 Å². The second-order valence-electron chi connectivity index (χ2n) is 5.16. The smallest absolute Gasteiger partial charge is 0.195 e. The largest absolute Gasteiger partial charge is 0.443 e. The average Bonchev–Trinajstić information content (AvgIpc) is 2.87. The third-order valence-corrected chi connectivity index (χ3v) is 3.19. The molecule has 1 unspecified atom stereocenters. The second-order valence-corrected chi connectivity index (χ2v) is 5.16. The molecule has 0 bridgehead atoms. The van der Waals surface area contributed by atoms with Crippen LogP contribution in [0, 0.1) is 0 Å². The summed E-state index contributed by atoms with van der Waals surface area (Å²) in [6, 6.07) is 0.500. The molecule has 1 aliphatic heterocycles. The lowest BCUT2D eigenvalue weighted by Gasteiger charge is -2.19. The van der Waals surface area contributed by atoms with Crippen molar-refractivity contribution in [2.24, 2.45) is 0 Å². The lowest BCUT2D eigenvalue weighted by molar-refractivity contribution is -0.00163. The highest BCUT2D eigenvalue weighted by Crippen LogP contribution is 2.35. The van der Waals surface area contributed by atoms with E-state index in [-0.39, 0.29) is 5.60 Å². The monoisotopic (exact) mass is 238 g/mol. The third kappa shape index (κ3) is 3.07. The first-order chi connectivity index (χ1) is 8.10. The summed E-state index contributed by atoms with van der Waals surface area (Å²) in [4.78, 5) is 4.32. The molecule has 1 aromatic heterocycles. The zero-order valence-electron chi connectivity index (χ0n) is 11.0. The third-order valence-electron chi connectivity index (χ3n) is 3.19. The van der Waals surface area contributed by atoms with Crippen LogP contribution < -0.4 is 5.32 Å². The lowest BCUT2D eigenvalue weighted by atomic mass is 10.0. The molecule has 96 valence electrons. The Hall–Kier alpha value is -0.870. The van der Waals surface area contributed by atoms with Gasteiger partial charge in [-0.2, -0.15) is 0 Å². The number of ether oxygens (including phenoxy) is 1. The molecular formula is C13H22N2O2. The Labute approximate surface area is 103 Å². The standard InChI is InChI=1S/C13H22N2O2/c1-10(2)14-7-5-12-15-9-11(17-12)13(3)6-4-8-16-13/h9-10,14H,4-8H2,1-3H3. The molecule has 2 heterocycles. The summed E-state index contributed by atoms with van der Waals surface area (Å²) in [6.45, 7) is 8.07. The molecule has 4 heteroatoms. The molecule has 0 saturated carbocycles. The fourth-order valence-corrected chi connectivity index (χ4v) is 2.11. The minimum atomic E-state index is -0.253. The van der Waals surface area contributed by atoms with Gasteiger partial charge in [-0.05, 0) is 19.8 Å². The first-order valence-electron chi connectivity index (χ1n) is 6.43. The molecule has 17 heavy (non-hydrogen) atoms. The van der Waals surface area contributed by atoms with E-state index in [1.165, 1.54) is 0 Å². The van der Waals surface area contributed by atoms with Gasteiger partial charge in [-0.3, -0.25) is 0 Å². The van der Waals surface area contributed by atoms with Crippen molar-refractivity contribution in [3.63, 3.8) is 0 Å². The van der Waals surface area contributed by atoms with Crippen LogP contribution in [0.2, 0.25) is 0 Å². The van der Waals surface area contributed by atoms with Crippen LogP contribution in [-0.4, -0.2) is 24.2 Å². The van der Waals surface area contributed by atoms with E-state index >= 15 is 0 Å². The highest BCUT2D eigenvalue weighted by atomic mass is 16.5. The highest BCUT2D eigenvalue weighted by Gasteiger charge is 2.35. The summed E-state index contributed by atoms with van der Waals surface area (Å²) in [5.41, 5.74) is -0.253. The fraction of sp³-hybridized carbons (Fsp3) is 0.769. The molecule has 4 nitrogen and oxygen atoms in total. The van der Waals surface area contributed by atoms with Crippen molar-refractivity contribution >= 4 is 0 Å². The predicted molar refractivity (Wildman–Crippen MR) is 65.9 cm³/mol. The van der Waals surface area contributed by atoms with E-state index in [1.807, 2.05) is 6.20 Å². The fourth-order valence-electron chi connectivity index (χ4n) is 2.11. The molecule has 1 aromatic rings. The SMILES string of the molecule is CC(C)NCCc1ncc(C2(C)CCCO2)o1. The van der Waals surface area contributed by atoms with Crippen molar-refractivity contribution in [1.29, 1.82) is 0 Å². The Bertz CT molecular complexity index is 354. The van der Waals surface area contributed by atoms with Gasteiger partial charge in [-0.15, -0.1) is 0 Å². The Kier molecular flexibility index (Phi) is 3.84. The minimum absolute atomic E-state index is 0.253. The van der Waals surface area contributed by atoms with Gasteiger partial charge in [0.25, 0.3) is 0 Å². The summed E-state index contributed by atoms with van der Waals surface area (Å²) >= 11 is 0. The number of nitrogens with zero attached hydrogens (tertiary/aromatic N) is 1. The van der Waals surface area contributed by atoms with Gasteiger partial charge in [0, 0.05) is 25.6 Å². The molecule has 0 spiro atoms. The maximum absolute atomic E-state index is 5.78. The van der Waals surface area contributed by atoms with E-state index < -0.39 is 0 Å². The quantitative estimate of drug-likeness (QED) is 0.854. The van der Waals surface area contributed by atoms with Crippen LogP contribution in [0.3, 0.4) is 0 Å². The Morgan fingerprint density at radius 3 is 3.00 bits per heavy atom. The predicted octanol–water partition coefficient (Wildman–Crippen LogP) is 2.24. The maximum Gasteiger partial charge on any atom is 0.195 e. The van der Waals surface area contributed by atoms with Gasteiger partial charge in [-0.1, -0.05) is 13.8 Å². The van der Waals surface area contributed by atoms with E-state index in [1.54, 1.807) is 0 Å². The normalized spacial score (nSPS) is 24.7. The van der Waals surface area contributed by atoms with E-state index in [0.717, 1.165) is 44.1 Å². The minimum Gasteiger partial charge on any atom is -0.443 e. The summed E-state index contributed by atoms with van der Waals surface area (Å²) < 4.78 is 11.5. The van der Waals surface area contributed by atoms with Crippen LogP contribution in [-0.2, 0) is 16.8 Å². The number of hydrogen-bond donors (Lipinski definition) is 1. The molecule has 1 atom stereocenters. The summed E-state index contributed by atoms with van der Waals surface area (Å²) in [7, 11) is 0. The van der Waals surface area contributed by atoms with Gasteiger partial charge in [-0.25, -0.2) is 4.98 Å². The molecule has 1 N–H and O–H groups in total. The average molecular weight is 238 g/mol. The molecule has 1 fully saturated rings. The van der Waals surface area contributed by atoms with Gasteiger partial charge >= 0.3 is 0 Å². The van der Waals surface area contributed by atoms with Crippen LogP contribution >= 0.6 is 0 Å². The van der Waals surface area contributed by atoms with E-state index in [9.17, 15) is 0 Å². The molecule has 1 saturated heterocycles. The first kappa shape index (κ1) is 12.6. The molecule has 1 aliphatic rings. The van der Waals surface area contributed by atoms with E-state index in [4.69, 9.17) is 9.15 Å². The van der Waals surface area contributed by atoms with Gasteiger partial charge in [0.05, 0.1) is 6.20 Å². The number of aromatic nitrogens is 1. The van der Waals surface area contributed by atoms with Crippen molar-refractivity contribution in [3.8, 4) is 0 Å². The van der Waals surface area contributed by atoms with Gasteiger partial charge in [0.15, 0.2) is 11.7 Å². The summed E-state index contributed by atoms with van der Waals surface area (Å²) in [5, 5.41) is 3.35. The van der Waals surface area contributed by atoms with Crippen molar-refractivity contribution in [3.05, 3.63) is 17.8 Å². The zero-order chi connectivity index (χ0) is 12.3. The molecular weight excluding hydrogens is 216 g/mol. The number of hydrogen-bond acceptors (Lipinski definition) is 4. The Morgan fingerprint density at radius 1 is 1.53 bits per heavy atom. The number of oxazole rings is 1. The molecule has 0 amide bonds. The number of rotatable bonds is 5. The Balaban J connectivity index is 1.91. The molecule has 2 rings (SSSR count). The van der Waals surface area contributed by atoms with Gasteiger partial charge in [0.1, 0.15) is 5.60 Å². The second kappa shape index (κ2) is 5.19. The van der Waals surface area contributed by atoms with Gasteiger partial charge in [0.2, 0.25) is 0 Å². The van der Waals surface area contributed by atoms with E-state index in [2.05, 4.69) is 31.1 Å². The van der Waals surface area contributed by atoms with Crippen molar-refractivity contribution in [2.75, 3.05) is 13.2 Å². The van der Waals surface area contributed by atoms with Crippen LogP contribution in [0.5, 0.6) is 0 Å². The van der Waals surface area contributed by atoms with Gasteiger partial charge < -0.3 is 14.5 Å². The molecule has 0 aliphatic carbocycles. The van der Waals surface area contributed by atoms with E-state index in [0.29, 0.717) is 6.04 Å². The summed E-state index contributed by atoms with van der Waals surface area (Å²) in [6.07, 6.45) is 4.76. The highest BCUT2D eigenvalue weighted by molar-refractivity contribution is 5.07. The lowest BCUT2D eigenvalue weighted by Crippen LogP contribution is -2.25. The van der Waals surface area contributed by atoms with Crippen molar-refractivity contribution < 1.29 is 9.15 Å². The Morgan fingerprint density at radius 2 is 2.35 bits per heavy atom. The number of nitrogens with one attached hydrogen (secondary N) is 1. The molecule has 0 aromatic carbocycles. The zero-order valence-corrected chi connectivity index (χ0v) is 11.0. The van der Waals surface area contributed by atoms with Crippen LogP contribution in [0.15, 0.2) is 10.6 Å². The van der Waals surface area contributed by atoms with Crippen LogP contribution in [0.1, 0.15) is 45.3 Å². The van der Waals surface area contributed by atoms with Crippen molar-refractivity contribution in [1.82, 2.24) is 10.3 Å².